The first-order chi connectivity index (χ1) is 11.3. The molecule has 0 saturated heterocycles. The summed E-state index contributed by atoms with van der Waals surface area (Å²) in [5.41, 5.74) is 1.78. The lowest BCUT2D eigenvalue weighted by Crippen LogP contribution is -2.13. The number of ether oxygens (including phenoxy) is 1. The number of hydrogen-bond donors (Lipinski definition) is 0. The highest BCUT2D eigenvalue weighted by molar-refractivity contribution is 5.89. The van der Waals surface area contributed by atoms with Crippen LogP contribution < -0.4 is 0 Å². The van der Waals surface area contributed by atoms with Crippen molar-refractivity contribution in [3.63, 3.8) is 0 Å². The van der Waals surface area contributed by atoms with Gasteiger partial charge < -0.3 is 4.74 Å². The summed E-state index contributed by atoms with van der Waals surface area (Å²) < 4.78 is 5.49. The molecule has 0 N–H and O–H groups in total. The second kappa shape index (κ2) is 9.62. The molecule has 0 aliphatic carbocycles. The van der Waals surface area contributed by atoms with Crippen LogP contribution in [0.3, 0.4) is 0 Å². The Bertz CT molecular complexity index is 602. The molecule has 0 fully saturated rings. The molecule has 1 atom stereocenters. The number of esters is 1. The first kappa shape index (κ1) is 17.0. The van der Waals surface area contributed by atoms with Crippen LogP contribution in [0.2, 0.25) is 0 Å². The minimum absolute atomic E-state index is 0.250. The largest absolute Gasteiger partial charge is 0.461 e. The Balaban J connectivity index is 1.93. The Morgan fingerprint density at radius 1 is 1.04 bits per heavy atom. The number of unbranched alkanes of at least 4 members (excludes halogenated alkanes) is 1. The molecule has 120 valence electrons. The first-order valence-corrected chi connectivity index (χ1v) is 8.25. The molecule has 0 aromatic heterocycles. The quantitative estimate of drug-likeness (QED) is 0.613. The molecule has 0 amide bonds. The number of hydrogen-bond acceptors (Lipinski definition) is 2. The third-order valence-corrected chi connectivity index (χ3v) is 3.73. The predicted octanol–water partition coefficient (Wildman–Crippen LogP) is 5.36. The first-order valence-electron chi connectivity index (χ1n) is 8.25. The maximum Gasteiger partial charge on any atom is 0.338 e. The van der Waals surface area contributed by atoms with E-state index in [1.54, 1.807) is 12.1 Å². The van der Waals surface area contributed by atoms with E-state index in [-0.39, 0.29) is 11.9 Å². The molecule has 0 aliphatic rings. The number of benzene rings is 2. The molecule has 0 aliphatic heterocycles. The molecule has 0 radical (unpaired) electrons. The van der Waals surface area contributed by atoms with Gasteiger partial charge in [-0.25, -0.2) is 4.79 Å². The summed E-state index contributed by atoms with van der Waals surface area (Å²) in [7, 11) is 0. The van der Waals surface area contributed by atoms with Gasteiger partial charge in [-0.1, -0.05) is 80.4 Å². The fraction of sp³-hybridized carbons (Fsp3) is 0.286. The molecule has 0 heterocycles. The van der Waals surface area contributed by atoms with Crippen molar-refractivity contribution in [2.75, 3.05) is 6.61 Å². The van der Waals surface area contributed by atoms with Gasteiger partial charge in [0.15, 0.2) is 0 Å². The lowest BCUT2D eigenvalue weighted by Gasteiger charge is -2.13. The van der Waals surface area contributed by atoms with E-state index >= 15 is 0 Å². The van der Waals surface area contributed by atoms with Crippen LogP contribution in [0, 0.1) is 5.92 Å². The summed E-state index contributed by atoms with van der Waals surface area (Å²) in [6, 6.07) is 19.4. The van der Waals surface area contributed by atoms with E-state index in [4.69, 9.17) is 4.74 Å². The van der Waals surface area contributed by atoms with Crippen LogP contribution in [0.1, 0.15) is 42.1 Å². The van der Waals surface area contributed by atoms with E-state index < -0.39 is 0 Å². The zero-order valence-electron chi connectivity index (χ0n) is 13.7. The zero-order chi connectivity index (χ0) is 16.3. The van der Waals surface area contributed by atoms with Gasteiger partial charge in [-0.3, -0.25) is 0 Å². The van der Waals surface area contributed by atoms with Gasteiger partial charge in [0, 0.05) is 5.92 Å². The van der Waals surface area contributed by atoms with Crippen LogP contribution in [0.5, 0.6) is 0 Å². The minimum atomic E-state index is -0.250. The molecule has 23 heavy (non-hydrogen) atoms. The van der Waals surface area contributed by atoms with Crippen LogP contribution >= 0.6 is 0 Å². The molecular weight excluding hydrogens is 284 g/mol. The van der Waals surface area contributed by atoms with Gasteiger partial charge in [0.1, 0.15) is 0 Å². The number of carbonyl (C=O) groups excluding carboxylic acids is 1. The third kappa shape index (κ3) is 6.11. The van der Waals surface area contributed by atoms with Gasteiger partial charge in [0.25, 0.3) is 0 Å². The molecule has 0 bridgehead atoms. The topological polar surface area (TPSA) is 26.3 Å². The second-order valence-electron chi connectivity index (χ2n) is 5.64. The molecule has 2 rings (SSSR count). The summed E-state index contributed by atoms with van der Waals surface area (Å²) in [5, 5.41) is 0. The van der Waals surface area contributed by atoms with Crippen molar-refractivity contribution in [1.82, 2.24) is 0 Å². The summed E-state index contributed by atoms with van der Waals surface area (Å²) in [5.74, 6) is 0.00280. The summed E-state index contributed by atoms with van der Waals surface area (Å²) in [6.45, 7) is 2.60. The van der Waals surface area contributed by atoms with Gasteiger partial charge in [-0.05, 0) is 24.1 Å². The Hall–Kier alpha value is -2.35. The molecule has 2 heteroatoms. The SMILES string of the molecule is CCCCC(/C=C/c1ccccc1)COC(=O)c1ccccc1. The van der Waals surface area contributed by atoms with Gasteiger partial charge in [0.05, 0.1) is 12.2 Å². The van der Waals surface area contributed by atoms with Crippen molar-refractivity contribution in [3.05, 3.63) is 77.9 Å². The highest BCUT2D eigenvalue weighted by atomic mass is 16.5. The summed E-state index contributed by atoms with van der Waals surface area (Å²) in [6.07, 6.45) is 7.57. The van der Waals surface area contributed by atoms with Crippen molar-refractivity contribution in [2.45, 2.75) is 26.2 Å². The van der Waals surface area contributed by atoms with Gasteiger partial charge in [-0.15, -0.1) is 0 Å². The van der Waals surface area contributed by atoms with Gasteiger partial charge in [0.2, 0.25) is 0 Å². The third-order valence-electron chi connectivity index (χ3n) is 3.73. The van der Waals surface area contributed by atoms with Crippen molar-refractivity contribution in [2.24, 2.45) is 5.92 Å². The van der Waals surface area contributed by atoms with E-state index in [9.17, 15) is 4.79 Å². The molecular formula is C21H24O2. The minimum Gasteiger partial charge on any atom is -0.461 e. The van der Waals surface area contributed by atoms with E-state index in [1.165, 1.54) is 5.56 Å². The Labute approximate surface area is 138 Å². The van der Waals surface area contributed by atoms with Crippen molar-refractivity contribution in [1.29, 1.82) is 0 Å². The van der Waals surface area contributed by atoms with E-state index in [0.29, 0.717) is 12.2 Å². The van der Waals surface area contributed by atoms with Crippen LogP contribution in [0.25, 0.3) is 6.08 Å². The molecule has 2 aromatic carbocycles. The highest BCUT2D eigenvalue weighted by Gasteiger charge is 2.10. The van der Waals surface area contributed by atoms with E-state index in [0.717, 1.165) is 19.3 Å². The van der Waals surface area contributed by atoms with Crippen molar-refractivity contribution >= 4 is 12.0 Å². The van der Waals surface area contributed by atoms with Gasteiger partial charge in [-0.2, -0.15) is 0 Å². The summed E-state index contributed by atoms with van der Waals surface area (Å²) >= 11 is 0. The van der Waals surface area contributed by atoms with Crippen molar-refractivity contribution < 1.29 is 9.53 Å². The molecule has 1 unspecified atom stereocenters. The maximum absolute atomic E-state index is 12.1. The summed E-state index contributed by atoms with van der Waals surface area (Å²) in [4.78, 5) is 12.1. The zero-order valence-corrected chi connectivity index (χ0v) is 13.7. The smallest absolute Gasteiger partial charge is 0.338 e. The Morgan fingerprint density at radius 3 is 2.35 bits per heavy atom. The van der Waals surface area contributed by atoms with E-state index in [1.807, 2.05) is 36.4 Å². The molecule has 2 nitrogen and oxygen atoms in total. The molecule has 2 aromatic rings. The van der Waals surface area contributed by atoms with Crippen LogP contribution in [0.15, 0.2) is 66.7 Å². The van der Waals surface area contributed by atoms with E-state index in [2.05, 4.69) is 31.2 Å². The van der Waals surface area contributed by atoms with Crippen LogP contribution in [-0.2, 0) is 4.74 Å². The van der Waals surface area contributed by atoms with Crippen LogP contribution in [-0.4, -0.2) is 12.6 Å². The predicted molar refractivity (Wildman–Crippen MR) is 95.2 cm³/mol. The van der Waals surface area contributed by atoms with Gasteiger partial charge >= 0.3 is 5.97 Å². The van der Waals surface area contributed by atoms with Crippen LogP contribution in [0.4, 0.5) is 0 Å². The molecule has 0 spiro atoms. The number of rotatable bonds is 8. The van der Waals surface area contributed by atoms with Crippen molar-refractivity contribution in [3.8, 4) is 0 Å². The standard InChI is InChI=1S/C21H24O2/c1-2-3-10-19(16-15-18-11-6-4-7-12-18)17-23-21(22)20-13-8-5-9-14-20/h4-9,11-16,19H,2-3,10,17H2,1H3/b16-15+. The highest BCUT2D eigenvalue weighted by Crippen LogP contribution is 2.14. The fourth-order valence-electron chi connectivity index (χ4n) is 2.35. The molecule has 0 saturated carbocycles. The second-order valence-corrected chi connectivity index (χ2v) is 5.64. The Kier molecular flexibility index (Phi) is 7.12. The Morgan fingerprint density at radius 2 is 1.70 bits per heavy atom. The average molecular weight is 308 g/mol. The number of carbonyl (C=O) groups is 1. The normalized spacial score (nSPS) is 12.2. The maximum atomic E-state index is 12.1. The average Bonchev–Trinajstić information content (AvgIpc) is 2.62. The lowest BCUT2D eigenvalue weighted by molar-refractivity contribution is 0.0459. The fourth-order valence-corrected chi connectivity index (χ4v) is 2.35. The monoisotopic (exact) mass is 308 g/mol. The lowest BCUT2D eigenvalue weighted by atomic mass is 10.0.